The molecule has 0 saturated carbocycles. The first-order valence-electron chi connectivity index (χ1n) is 7.70. The average molecular weight is 340 g/mol. The van der Waals surface area contributed by atoms with Crippen LogP contribution in [0.25, 0.3) is 11.0 Å². The third-order valence-electron chi connectivity index (χ3n) is 3.77. The van der Waals surface area contributed by atoms with Crippen molar-refractivity contribution in [2.45, 2.75) is 6.42 Å². The first-order valence-corrected chi connectivity index (χ1v) is 7.70. The topological polar surface area (TPSA) is 97.0 Å². The second kappa shape index (κ2) is 7.19. The first-order chi connectivity index (χ1) is 12.1. The van der Waals surface area contributed by atoms with E-state index < -0.39 is 11.6 Å². The lowest BCUT2D eigenvalue weighted by Gasteiger charge is -2.07. The zero-order valence-electron chi connectivity index (χ0n) is 13.3. The van der Waals surface area contributed by atoms with Crippen LogP contribution >= 0.6 is 0 Å². The smallest absolute Gasteiger partial charge is 0.343 e. The molecule has 1 heterocycles. The Labute approximate surface area is 142 Å². The lowest BCUT2D eigenvalue weighted by Crippen LogP contribution is -2.10. The fourth-order valence-electron chi connectivity index (χ4n) is 2.51. The number of aliphatic hydroxyl groups is 1. The Hall–Kier alpha value is -3.12. The Balaban J connectivity index is 1.87. The number of hydrogen-bond acceptors (Lipinski definition) is 6. The molecular formula is C19H16O6. The van der Waals surface area contributed by atoms with Gasteiger partial charge < -0.3 is 19.4 Å². The van der Waals surface area contributed by atoms with Crippen LogP contribution in [0.15, 0.2) is 57.7 Å². The predicted octanol–water partition coefficient (Wildman–Crippen LogP) is 2.24. The molecule has 0 unspecified atom stereocenters. The molecular weight excluding hydrogens is 324 g/mol. The highest BCUT2D eigenvalue weighted by Crippen LogP contribution is 2.27. The van der Waals surface area contributed by atoms with Crippen molar-refractivity contribution in [3.8, 4) is 5.75 Å². The van der Waals surface area contributed by atoms with Gasteiger partial charge in [0.25, 0.3) is 0 Å². The number of carbonyl (C=O) groups is 1. The number of hydrogen-bond donors (Lipinski definition) is 2. The Morgan fingerprint density at radius 1 is 1.08 bits per heavy atom. The molecule has 25 heavy (non-hydrogen) atoms. The largest absolute Gasteiger partial charge is 0.507 e. The van der Waals surface area contributed by atoms with E-state index in [-0.39, 0.29) is 30.9 Å². The number of para-hydroxylation sites is 1. The molecule has 2 aromatic carbocycles. The van der Waals surface area contributed by atoms with E-state index in [2.05, 4.69) is 0 Å². The molecule has 128 valence electrons. The van der Waals surface area contributed by atoms with Crippen molar-refractivity contribution < 1.29 is 24.2 Å². The second-order valence-corrected chi connectivity index (χ2v) is 5.45. The molecule has 3 aromatic rings. The second-order valence-electron chi connectivity index (χ2n) is 5.45. The van der Waals surface area contributed by atoms with Crippen molar-refractivity contribution in [3.05, 3.63) is 75.6 Å². The van der Waals surface area contributed by atoms with Gasteiger partial charge in [-0.3, -0.25) is 0 Å². The van der Waals surface area contributed by atoms with Crippen LogP contribution in [0.1, 0.15) is 21.5 Å². The summed E-state index contributed by atoms with van der Waals surface area (Å²) in [5.74, 6) is -0.632. The van der Waals surface area contributed by atoms with Crippen molar-refractivity contribution in [2.75, 3.05) is 13.2 Å². The molecule has 0 saturated heterocycles. The van der Waals surface area contributed by atoms with Gasteiger partial charge in [0.05, 0.1) is 23.1 Å². The van der Waals surface area contributed by atoms with Gasteiger partial charge in [-0.05, 0) is 29.8 Å². The third-order valence-corrected chi connectivity index (χ3v) is 3.77. The molecule has 0 radical (unpaired) electrons. The lowest BCUT2D eigenvalue weighted by molar-refractivity contribution is 0.0433. The van der Waals surface area contributed by atoms with Crippen LogP contribution in [-0.4, -0.2) is 29.4 Å². The highest BCUT2D eigenvalue weighted by atomic mass is 16.5. The average Bonchev–Trinajstić information content (AvgIpc) is 2.63. The summed E-state index contributed by atoms with van der Waals surface area (Å²) in [5, 5.41) is 19.5. The molecule has 6 heteroatoms. The first kappa shape index (κ1) is 16.7. The van der Waals surface area contributed by atoms with Crippen LogP contribution in [0.2, 0.25) is 0 Å². The van der Waals surface area contributed by atoms with Crippen LogP contribution in [-0.2, 0) is 11.2 Å². The van der Waals surface area contributed by atoms with Crippen LogP contribution < -0.4 is 5.63 Å². The maximum absolute atomic E-state index is 12.1. The minimum atomic E-state index is -0.595. The fourth-order valence-corrected chi connectivity index (χ4v) is 2.51. The van der Waals surface area contributed by atoms with Crippen LogP contribution in [0.4, 0.5) is 0 Å². The van der Waals surface area contributed by atoms with E-state index in [1.54, 1.807) is 48.5 Å². The van der Waals surface area contributed by atoms with E-state index in [1.807, 2.05) is 0 Å². The van der Waals surface area contributed by atoms with E-state index in [4.69, 9.17) is 14.3 Å². The molecule has 0 bridgehead atoms. The summed E-state index contributed by atoms with van der Waals surface area (Å²) >= 11 is 0. The molecule has 0 aliphatic carbocycles. The molecule has 0 atom stereocenters. The standard InChI is InChI=1S/C19H16O6/c20-9-10-24-18(22)13-7-5-12(6-8-13)11-15-17(21)14-3-1-2-4-16(14)25-19(15)23/h1-8,20-21H,9-11H2. The van der Waals surface area contributed by atoms with Crippen LogP contribution in [0, 0.1) is 0 Å². The Morgan fingerprint density at radius 3 is 2.52 bits per heavy atom. The Morgan fingerprint density at radius 2 is 1.80 bits per heavy atom. The number of benzene rings is 2. The lowest BCUT2D eigenvalue weighted by atomic mass is 10.0. The monoisotopic (exact) mass is 340 g/mol. The molecule has 3 rings (SSSR count). The van der Waals surface area contributed by atoms with Crippen LogP contribution in [0.5, 0.6) is 5.75 Å². The van der Waals surface area contributed by atoms with Crippen molar-refractivity contribution in [1.29, 1.82) is 0 Å². The Kier molecular flexibility index (Phi) is 4.81. The minimum absolute atomic E-state index is 0.0629. The van der Waals surface area contributed by atoms with E-state index >= 15 is 0 Å². The van der Waals surface area contributed by atoms with Gasteiger partial charge in [-0.1, -0.05) is 24.3 Å². The van der Waals surface area contributed by atoms with Gasteiger partial charge >= 0.3 is 11.6 Å². The molecule has 6 nitrogen and oxygen atoms in total. The summed E-state index contributed by atoms with van der Waals surface area (Å²) in [6.07, 6.45) is 0.172. The van der Waals surface area contributed by atoms with Crippen molar-refractivity contribution in [3.63, 3.8) is 0 Å². The van der Waals surface area contributed by atoms with Crippen molar-refractivity contribution >= 4 is 16.9 Å². The molecule has 0 fully saturated rings. The highest BCUT2D eigenvalue weighted by Gasteiger charge is 2.14. The minimum Gasteiger partial charge on any atom is -0.507 e. The van der Waals surface area contributed by atoms with Gasteiger partial charge in [0.2, 0.25) is 0 Å². The van der Waals surface area contributed by atoms with Crippen molar-refractivity contribution in [1.82, 2.24) is 0 Å². The van der Waals surface area contributed by atoms with Gasteiger partial charge in [0, 0.05) is 6.42 Å². The van der Waals surface area contributed by atoms with E-state index in [0.717, 1.165) is 5.56 Å². The van der Waals surface area contributed by atoms with Gasteiger partial charge in [-0.25, -0.2) is 9.59 Å². The zero-order chi connectivity index (χ0) is 17.8. The van der Waals surface area contributed by atoms with E-state index in [9.17, 15) is 14.7 Å². The molecule has 0 aliphatic heterocycles. The zero-order valence-corrected chi connectivity index (χ0v) is 13.3. The summed E-state index contributed by atoms with van der Waals surface area (Å²) in [6, 6.07) is 13.2. The summed E-state index contributed by atoms with van der Waals surface area (Å²) in [6.45, 7) is -0.298. The number of fused-ring (bicyclic) bond motifs is 1. The number of aromatic hydroxyl groups is 1. The molecule has 0 aliphatic rings. The van der Waals surface area contributed by atoms with Crippen LogP contribution in [0.3, 0.4) is 0 Å². The van der Waals surface area contributed by atoms with Gasteiger partial charge in [0.15, 0.2) is 0 Å². The maximum atomic E-state index is 12.1. The summed E-state index contributed by atoms with van der Waals surface area (Å²) in [7, 11) is 0. The van der Waals surface area contributed by atoms with Gasteiger partial charge in [-0.15, -0.1) is 0 Å². The normalized spacial score (nSPS) is 10.8. The quantitative estimate of drug-likeness (QED) is 0.546. The maximum Gasteiger partial charge on any atom is 0.343 e. The number of rotatable bonds is 5. The SMILES string of the molecule is O=C(OCCO)c1ccc(Cc2c(O)c3ccccc3oc2=O)cc1. The molecule has 0 spiro atoms. The number of ether oxygens (including phenoxy) is 1. The summed E-state index contributed by atoms with van der Waals surface area (Å²) in [4.78, 5) is 23.8. The predicted molar refractivity (Wildman–Crippen MR) is 90.8 cm³/mol. The summed E-state index contributed by atoms with van der Waals surface area (Å²) < 4.78 is 10.1. The molecule has 0 amide bonds. The molecule has 2 N–H and O–H groups in total. The van der Waals surface area contributed by atoms with Crippen molar-refractivity contribution in [2.24, 2.45) is 0 Å². The van der Waals surface area contributed by atoms with Gasteiger partial charge in [0.1, 0.15) is 17.9 Å². The van der Waals surface area contributed by atoms with E-state index in [0.29, 0.717) is 16.5 Å². The number of carbonyl (C=O) groups excluding carboxylic acids is 1. The highest BCUT2D eigenvalue weighted by molar-refractivity contribution is 5.89. The number of esters is 1. The Bertz CT molecular complexity index is 956. The van der Waals surface area contributed by atoms with Gasteiger partial charge in [-0.2, -0.15) is 0 Å². The molecule has 1 aromatic heterocycles. The number of aliphatic hydroxyl groups excluding tert-OH is 1. The van der Waals surface area contributed by atoms with E-state index in [1.165, 1.54) is 0 Å². The summed E-state index contributed by atoms with van der Waals surface area (Å²) in [5.41, 5.74) is 0.969. The fraction of sp³-hybridized carbons (Fsp3) is 0.158. The third kappa shape index (κ3) is 3.54.